The van der Waals surface area contributed by atoms with Gasteiger partial charge in [-0.2, -0.15) is 0 Å². The Labute approximate surface area is 196 Å². The highest BCUT2D eigenvalue weighted by Crippen LogP contribution is 2.41. The van der Waals surface area contributed by atoms with E-state index in [1.807, 2.05) is 0 Å². The molecule has 0 aliphatic heterocycles. The molecule has 0 unspecified atom stereocenters. The number of halogens is 2. The second-order valence-electron chi connectivity index (χ2n) is 8.19. The van der Waals surface area contributed by atoms with Gasteiger partial charge >= 0.3 is 0 Å². The van der Waals surface area contributed by atoms with Crippen LogP contribution in [0, 0.1) is 5.82 Å². The van der Waals surface area contributed by atoms with E-state index in [4.69, 9.17) is 11.6 Å². The summed E-state index contributed by atoms with van der Waals surface area (Å²) in [7, 11) is 0. The predicted molar refractivity (Wildman–Crippen MR) is 124 cm³/mol. The fraction of sp³-hybridized carbons (Fsp3) is 0.217. The third-order valence-corrected chi connectivity index (χ3v) is 7.21. The van der Waals surface area contributed by atoms with Gasteiger partial charge in [0, 0.05) is 15.8 Å². The average molecular weight is 481 g/mol. The number of amides is 1. The summed E-state index contributed by atoms with van der Waals surface area (Å²) in [5, 5.41) is 12.1. The second kappa shape index (κ2) is 7.93. The van der Waals surface area contributed by atoms with Crippen LogP contribution in [0.2, 0.25) is 5.02 Å². The van der Waals surface area contributed by atoms with Crippen LogP contribution in [-0.2, 0) is 13.1 Å². The van der Waals surface area contributed by atoms with Gasteiger partial charge in [0.1, 0.15) is 5.52 Å². The number of nitrogens with zero attached hydrogens (tertiary/aromatic N) is 5. The van der Waals surface area contributed by atoms with E-state index in [1.165, 1.54) is 45.3 Å². The normalized spacial score (nSPS) is 13.8. The van der Waals surface area contributed by atoms with E-state index in [2.05, 4.69) is 44.9 Å². The second-order valence-corrected chi connectivity index (χ2v) is 9.77. The van der Waals surface area contributed by atoms with Gasteiger partial charge in [0.25, 0.3) is 5.91 Å². The van der Waals surface area contributed by atoms with Crippen LogP contribution in [0.3, 0.4) is 0 Å². The number of carbonyl (C=O) groups is 1. The molecule has 0 radical (unpaired) electrons. The maximum Gasteiger partial charge on any atom is 0.273 e. The van der Waals surface area contributed by atoms with Crippen LogP contribution in [0.4, 0.5) is 4.39 Å². The molecular weight excluding hydrogens is 463 g/mol. The quantitative estimate of drug-likeness (QED) is 0.379. The summed E-state index contributed by atoms with van der Waals surface area (Å²) in [6.45, 7) is 0.576. The molecule has 4 heterocycles. The van der Waals surface area contributed by atoms with Crippen LogP contribution in [0.15, 0.2) is 49.1 Å². The SMILES string of the molecule is O=C(NCc1ncn2ccc(Cl)c(F)c12)c1cn(Cc2cc3cc(C4CC4)ccc3s2)nn1. The molecule has 1 saturated carbocycles. The van der Waals surface area contributed by atoms with Crippen molar-refractivity contribution in [1.82, 2.24) is 29.7 Å². The lowest BCUT2D eigenvalue weighted by Gasteiger charge is -2.03. The van der Waals surface area contributed by atoms with Crippen molar-refractivity contribution in [3.8, 4) is 0 Å². The van der Waals surface area contributed by atoms with Crippen LogP contribution in [0.25, 0.3) is 15.6 Å². The molecule has 1 aliphatic rings. The Bertz CT molecular complexity index is 1520. The zero-order valence-electron chi connectivity index (χ0n) is 17.3. The molecule has 1 N–H and O–H groups in total. The van der Waals surface area contributed by atoms with Crippen molar-refractivity contribution >= 4 is 44.4 Å². The Kier molecular flexibility index (Phi) is 4.88. The van der Waals surface area contributed by atoms with E-state index in [9.17, 15) is 9.18 Å². The third-order valence-electron chi connectivity index (χ3n) is 5.81. The number of nitrogens with one attached hydrogen (secondary N) is 1. The van der Waals surface area contributed by atoms with E-state index in [-0.39, 0.29) is 22.8 Å². The zero-order chi connectivity index (χ0) is 22.5. The van der Waals surface area contributed by atoms with Crippen LogP contribution in [0.1, 0.15) is 45.4 Å². The molecule has 0 spiro atoms. The zero-order valence-corrected chi connectivity index (χ0v) is 18.9. The first-order chi connectivity index (χ1) is 16.0. The lowest BCUT2D eigenvalue weighted by molar-refractivity contribution is 0.0945. The number of rotatable bonds is 6. The monoisotopic (exact) mass is 480 g/mol. The Balaban J connectivity index is 1.14. The van der Waals surface area contributed by atoms with Gasteiger partial charge in [-0.3, -0.25) is 4.79 Å². The maximum atomic E-state index is 14.4. The Morgan fingerprint density at radius 2 is 2.15 bits per heavy atom. The maximum absolute atomic E-state index is 14.4. The summed E-state index contributed by atoms with van der Waals surface area (Å²) in [6.07, 6.45) is 7.27. The summed E-state index contributed by atoms with van der Waals surface area (Å²) in [5.41, 5.74) is 2.22. The van der Waals surface area contributed by atoms with Crippen molar-refractivity contribution in [2.45, 2.75) is 31.8 Å². The summed E-state index contributed by atoms with van der Waals surface area (Å²) >= 11 is 7.59. The number of imidazole rings is 1. The number of thiophene rings is 1. The molecule has 0 saturated heterocycles. The molecule has 1 fully saturated rings. The predicted octanol–water partition coefficient (Wildman–Crippen LogP) is 4.79. The lowest BCUT2D eigenvalue weighted by Crippen LogP contribution is -2.23. The van der Waals surface area contributed by atoms with Crippen molar-refractivity contribution < 1.29 is 9.18 Å². The van der Waals surface area contributed by atoms with Crippen molar-refractivity contribution in [3.63, 3.8) is 0 Å². The molecule has 1 aromatic carbocycles. The molecule has 1 aliphatic carbocycles. The minimum Gasteiger partial charge on any atom is -0.345 e. The van der Waals surface area contributed by atoms with E-state index in [0.717, 1.165) is 10.8 Å². The van der Waals surface area contributed by atoms with Crippen LogP contribution in [-0.4, -0.2) is 30.3 Å². The van der Waals surface area contributed by atoms with E-state index in [0.29, 0.717) is 12.2 Å². The summed E-state index contributed by atoms with van der Waals surface area (Å²) in [6, 6.07) is 10.3. The molecule has 5 aromatic rings. The smallest absolute Gasteiger partial charge is 0.273 e. The molecule has 33 heavy (non-hydrogen) atoms. The number of aromatic nitrogens is 5. The first kappa shape index (κ1) is 20.3. The van der Waals surface area contributed by atoms with Gasteiger partial charge in [-0.05, 0) is 47.9 Å². The molecular formula is C23H18ClFN6OS. The van der Waals surface area contributed by atoms with Crippen LogP contribution in [0.5, 0.6) is 0 Å². The number of benzene rings is 1. The number of carbonyl (C=O) groups excluding carboxylic acids is 1. The highest BCUT2D eigenvalue weighted by atomic mass is 35.5. The number of hydrogen-bond donors (Lipinski definition) is 1. The summed E-state index contributed by atoms with van der Waals surface area (Å²) < 4.78 is 18.8. The molecule has 7 nitrogen and oxygen atoms in total. The standard InChI is InChI=1S/C23H18ClFN6OS/c24-17-5-6-30-12-27-18(22(30)21(17)25)9-26-23(32)19-11-31(29-28-19)10-16-8-15-7-14(13-1-2-13)3-4-20(15)33-16/h3-8,11-13H,1-2,9-10H2,(H,26,32). The minimum absolute atomic E-state index is 0.00326. The molecule has 10 heteroatoms. The van der Waals surface area contributed by atoms with Gasteiger partial charge in [0.15, 0.2) is 11.5 Å². The fourth-order valence-electron chi connectivity index (χ4n) is 3.97. The first-order valence-electron chi connectivity index (χ1n) is 10.6. The Morgan fingerprint density at radius 3 is 3.00 bits per heavy atom. The highest BCUT2D eigenvalue weighted by Gasteiger charge is 2.23. The van der Waals surface area contributed by atoms with Gasteiger partial charge < -0.3 is 9.72 Å². The van der Waals surface area contributed by atoms with Crippen molar-refractivity contribution in [2.24, 2.45) is 0 Å². The molecule has 1 amide bonds. The van der Waals surface area contributed by atoms with Gasteiger partial charge in [-0.25, -0.2) is 14.1 Å². The molecule has 0 bridgehead atoms. The van der Waals surface area contributed by atoms with Crippen molar-refractivity contribution in [1.29, 1.82) is 0 Å². The first-order valence-corrected chi connectivity index (χ1v) is 11.7. The van der Waals surface area contributed by atoms with Crippen molar-refractivity contribution in [3.05, 3.63) is 81.7 Å². The topological polar surface area (TPSA) is 77.1 Å². The Morgan fingerprint density at radius 1 is 1.27 bits per heavy atom. The molecule has 6 rings (SSSR count). The lowest BCUT2D eigenvalue weighted by atomic mass is 10.1. The minimum atomic E-state index is -0.570. The van der Waals surface area contributed by atoms with E-state index < -0.39 is 11.7 Å². The van der Waals surface area contributed by atoms with Crippen LogP contribution >= 0.6 is 22.9 Å². The van der Waals surface area contributed by atoms with E-state index in [1.54, 1.807) is 28.4 Å². The van der Waals surface area contributed by atoms with Crippen LogP contribution < -0.4 is 5.32 Å². The van der Waals surface area contributed by atoms with Crippen molar-refractivity contribution in [2.75, 3.05) is 0 Å². The number of fused-ring (bicyclic) bond motifs is 2. The highest BCUT2D eigenvalue weighted by molar-refractivity contribution is 7.19. The largest absolute Gasteiger partial charge is 0.345 e. The number of hydrogen-bond acceptors (Lipinski definition) is 5. The average Bonchev–Trinajstić information content (AvgIpc) is 3.23. The van der Waals surface area contributed by atoms with Gasteiger partial charge in [-0.1, -0.05) is 28.9 Å². The van der Waals surface area contributed by atoms with E-state index >= 15 is 0 Å². The Hall–Kier alpha value is -3.30. The van der Waals surface area contributed by atoms with Gasteiger partial charge in [0.05, 0.1) is 36.3 Å². The number of pyridine rings is 1. The summed E-state index contributed by atoms with van der Waals surface area (Å²) in [5.74, 6) is -0.252. The molecule has 0 atom stereocenters. The fourth-order valence-corrected chi connectivity index (χ4v) is 5.16. The van der Waals surface area contributed by atoms with Gasteiger partial charge in [0.2, 0.25) is 0 Å². The third kappa shape index (κ3) is 3.87. The molecule has 166 valence electrons. The molecule has 4 aromatic heterocycles. The van der Waals surface area contributed by atoms with Gasteiger partial charge in [-0.15, -0.1) is 16.4 Å². The summed E-state index contributed by atoms with van der Waals surface area (Å²) in [4.78, 5) is 17.9.